The number of hydrogen-bond acceptors (Lipinski definition) is 6. The van der Waals surface area contributed by atoms with Gasteiger partial charge in [0.1, 0.15) is 17.4 Å². The molecule has 0 saturated heterocycles. The molecular formula is C20H23NO6S. The molecule has 3 rings (SSSR count). The lowest BCUT2D eigenvalue weighted by molar-refractivity contribution is -0.142. The molecule has 1 amide bonds. The standard InChI is InChI=1S/C20H23NO6S/c1-11(18(22)21-16(19(23)24)8-9-28-2)26-12-6-7-14-13-4-3-5-15(13)20(25)27-17(14)10-12/h6-7,10-11,16H,3-5,8-9H2,1-2H3,(H,21,22)(H,23,24)/t11-,16-/m1/s1. The van der Waals surface area contributed by atoms with E-state index in [9.17, 15) is 19.5 Å². The van der Waals surface area contributed by atoms with Crippen LogP contribution in [-0.2, 0) is 22.4 Å². The lowest BCUT2D eigenvalue weighted by Crippen LogP contribution is -2.46. The molecule has 150 valence electrons. The lowest BCUT2D eigenvalue weighted by Gasteiger charge is -2.19. The second kappa shape index (κ2) is 8.68. The molecule has 0 aliphatic heterocycles. The molecule has 2 N–H and O–H groups in total. The van der Waals surface area contributed by atoms with Gasteiger partial charge in [0.2, 0.25) is 0 Å². The molecule has 0 bridgehead atoms. The Hall–Kier alpha value is -2.48. The van der Waals surface area contributed by atoms with Crippen LogP contribution in [-0.4, -0.2) is 41.1 Å². The van der Waals surface area contributed by atoms with Crippen LogP contribution in [0, 0.1) is 0 Å². The molecule has 8 heteroatoms. The van der Waals surface area contributed by atoms with E-state index in [-0.39, 0.29) is 5.63 Å². The van der Waals surface area contributed by atoms with Gasteiger partial charge in [0, 0.05) is 17.0 Å². The first kappa shape index (κ1) is 20.3. The molecule has 1 aromatic heterocycles. The highest BCUT2D eigenvalue weighted by Gasteiger charge is 2.24. The fourth-order valence-electron chi connectivity index (χ4n) is 3.38. The van der Waals surface area contributed by atoms with Crippen LogP contribution in [0.25, 0.3) is 11.0 Å². The minimum atomic E-state index is -1.07. The Morgan fingerprint density at radius 2 is 2.07 bits per heavy atom. The number of thioether (sulfide) groups is 1. The van der Waals surface area contributed by atoms with E-state index in [0.29, 0.717) is 23.5 Å². The lowest BCUT2D eigenvalue weighted by atomic mass is 10.1. The summed E-state index contributed by atoms with van der Waals surface area (Å²) in [5, 5.41) is 12.6. The van der Waals surface area contributed by atoms with Crippen molar-refractivity contribution < 1.29 is 23.8 Å². The first-order valence-electron chi connectivity index (χ1n) is 9.18. The summed E-state index contributed by atoms with van der Waals surface area (Å²) in [4.78, 5) is 35.7. The number of carboxylic acid groups (broad SMARTS) is 1. The highest BCUT2D eigenvalue weighted by molar-refractivity contribution is 7.98. The molecule has 2 aromatic rings. The van der Waals surface area contributed by atoms with Gasteiger partial charge in [-0.25, -0.2) is 9.59 Å². The highest BCUT2D eigenvalue weighted by atomic mass is 32.2. The molecule has 1 aliphatic carbocycles. The Morgan fingerprint density at radius 1 is 1.32 bits per heavy atom. The number of hydrogen-bond donors (Lipinski definition) is 2. The molecule has 2 atom stereocenters. The quantitative estimate of drug-likeness (QED) is 0.650. The van der Waals surface area contributed by atoms with Crippen molar-refractivity contribution in [3.05, 3.63) is 39.7 Å². The molecule has 0 unspecified atom stereocenters. The minimum Gasteiger partial charge on any atom is -0.481 e. The van der Waals surface area contributed by atoms with Crippen molar-refractivity contribution in [3.63, 3.8) is 0 Å². The third kappa shape index (κ3) is 4.32. The number of amides is 1. The summed E-state index contributed by atoms with van der Waals surface area (Å²) < 4.78 is 11.1. The van der Waals surface area contributed by atoms with Crippen molar-refractivity contribution in [1.82, 2.24) is 5.32 Å². The second-order valence-electron chi connectivity index (χ2n) is 6.80. The van der Waals surface area contributed by atoms with Crippen LogP contribution >= 0.6 is 11.8 Å². The minimum absolute atomic E-state index is 0.318. The van der Waals surface area contributed by atoms with Crippen LogP contribution in [0.5, 0.6) is 5.75 Å². The average molecular weight is 405 g/mol. The zero-order valence-corrected chi connectivity index (χ0v) is 16.6. The summed E-state index contributed by atoms with van der Waals surface area (Å²) in [6.45, 7) is 1.55. The number of carbonyl (C=O) groups is 2. The fourth-order valence-corrected chi connectivity index (χ4v) is 3.85. The molecular weight excluding hydrogens is 382 g/mol. The van der Waals surface area contributed by atoms with Crippen molar-refractivity contribution in [2.24, 2.45) is 0 Å². The van der Waals surface area contributed by atoms with Gasteiger partial charge in [-0.1, -0.05) is 0 Å². The van der Waals surface area contributed by atoms with Gasteiger partial charge < -0.3 is 19.6 Å². The van der Waals surface area contributed by atoms with E-state index in [2.05, 4.69) is 5.32 Å². The number of carboxylic acids is 1. The van der Waals surface area contributed by atoms with Crippen molar-refractivity contribution in [3.8, 4) is 5.75 Å². The van der Waals surface area contributed by atoms with E-state index in [1.165, 1.54) is 11.8 Å². The Morgan fingerprint density at radius 3 is 2.79 bits per heavy atom. The van der Waals surface area contributed by atoms with Crippen LogP contribution in [0.3, 0.4) is 0 Å². The van der Waals surface area contributed by atoms with Crippen LogP contribution in [0.15, 0.2) is 27.4 Å². The predicted molar refractivity (Wildman–Crippen MR) is 107 cm³/mol. The summed E-state index contributed by atoms with van der Waals surface area (Å²) in [7, 11) is 0. The van der Waals surface area contributed by atoms with Crippen LogP contribution in [0.2, 0.25) is 0 Å². The number of nitrogens with one attached hydrogen (secondary N) is 1. The van der Waals surface area contributed by atoms with Gasteiger partial charge in [0.05, 0.1) is 0 Å². The molecule has 0 radical (unpaired) electrons. The smallest absolute Gasteiger partial charge is 0.339 e. The monoisotopic (exact) mass is 405 g/mol. The Labute approximate surface area is 166 Å². The third-order valence-electron chi connectivity index (χ3n) is 4.85. The maximum absolute atomic E-state index is 12.3. The Bertz CT molecular complexity index is 954. The van der Waals surface area contributed by atoms with Crippen LogP contribution < -0.4 is 15.7 Å². The predicted octanol–water partition coefficient (Wildman–Crippen LogP) is 2.37. The topological polar surface area (TPSA) is 106 Å². The first-order valence-corrected chi connectivity index (χ1v) is 10.6. The Kier molecular flexibility index (Phi) is 6.28. The van der Waals surface area contributed by atoms with Crippen molar-refractivity contribution in [1.29, 1.82) is 0 Å². The van der Waals surface area contributed by atoms with Gasteiger partial charge in [-0.15, -0.1) is 0 Å². The number of ether oxygens (including phenoxy) is 1. The summed E-state index contributed by atoms with van der Waals surface area (Å²) in [5.41, 5.74) is 1.89. The number of aryl methyl sites for hydroxylation is 1. The SMILES string of the molecule is CSCC[C@@H](NC(=O)[C@@H](C)Oc1ccc2c3c(c(=O)oc2c1)CCC3)C(=O)O. The van der Waals surface area contributed by atoms with E-state index in [1.54, 1.807) is 19.1 Å². The summed E-state index contributed by atoms with van der Waals surface area (Å²) in [5.74, 6) is -0.576. The molecule has 7 nitrogen and oxygen atoms in total. The van der Waals surface area contributed by atoms with E-state index < -0.39 is 24.0 Å². The van der Waals surface area contributed by atoms with E-state index in [4.69, 9.17) is 9.15 Å². The highest BCUT2D eigenvalue weighted by Crippen LogP contribution is 2.29. The normalized spacial score (nSPS) is 15.1. The molecule has 0 fully saturated rings. The average Bonchev–Trinajstić information content (AvgIpc) is 3.15. The first-order chi connectivity index (χ1) is 13.4. The zero-order chi connectivity index (χ0) is 20.3. The fraction of sp³-hybridized carbons (Fsp3) is 0.450. The van der Waals surface area contributed by atoms with Gasteiger partial charge in [-0.2, -0.15) is 11.8 Å². The number of fused-ring (bicyclic) bond motifs is 3. The maximum Gasteiger partial charge on any atom is 0.339 e. The van der Waals surface area contributed by atoms with E-state index in [1.807, 2.05) is 12.3 Å². The van der Waals surface area contributed by atoms with Gasteiger partial charge in [-0.05, 0) is 62.3 Å². The molecule has 1 aliphatic rings. The van der Waals surface area contributed by atoms with E-state index >= 15 is 0 Å². The second-order valence-corrected chi connectivity index (χ2v) is 7.78. The maximum atomic E-state index is 12.3. The number of benzene rings is 1. The summed E-state index contributed by atoms with van der Waals surface area (Å²) >= 11 is 1.51. The Balaban J connectivity index is 1.73. The number of aliphatic carboxylic acids is 1. The molecule has 1 heterocycles. The summed E-state index contributed by atoms with van der Waals surface area (Å²) in [6, 6.07) is 4.21. The molecule has 0 saturated carbocycles. The zero-order valence-electron chi connectivity index (χ0n) is 15.8. The number of carbonyl (C=O) groups excluding carboxylic acids is 1. The molecule has 0 spiro atoms. The van der Waals surface area contributed by atoms with E-state index in [0.717, 1.165) is 35.8 Å². The van der Waals surface area contributed by atoms with Crippen LogP contribution in [0.4, 0.5) is 0 Å². The largest absolute Gasteiger partial charge is 0.481 e. The van der Waals surface area contributed by atoms with Gasteiger partial charge >= 0.3 is 11.6 Å². The van der Waals surface area contributed by atoms with Crippen molar-refractivity contribution >= 4 is 34.6 Å². The van der Waals surface area contributed by atoms with Gasteiger partial charge in [0.25, 0.3) is 5.91 Å². The summed E-state index contributed by atoms with van der Waals surface area (Å²) in [6.07, 6.45) is 3.85. The van der Waals surface area contributed by atoms with Crippen LogP contribution in [0.1, 0.15) is 30.9 Å². The van der Waals surface area contributed by atoms with Crippen molar-refractivity contribution in [2.45, 2.75) is 44.8 Å². The third-order valence-corrected chi connectivity index (χ3v) is 5.50. The molecule has 1 aromatic carbocycles. The van der Waals surface area contributed by atoms with Gasteiger partial charge in [0.15, 0.2) is 6.10 Å². The van der Waals surface area contributed by atoms with Crippen molar-refractivity contribution in [2.75, 3.05) is 12.0 Å². The number of rotatable bonds is 8. The van der Waals surface area contributed by atoms with Gasteiger partial charge in [-0.3, -0.25) is 4.79 Å². The molecule has 28 heavy (non-hydrogen) atoms.